The van der Waals surface area contributed by atoms with Crippen LogP contribution in [0.3, 0.4) is 0 Å². The molecule has 0 bridgehead atoms. The van der Waals surface area contributed by atoms with Gasteiger partial charge < -0.3 is 25.0 Å². The summed E-state index contributed by atoms with van der Waals surface area (Å²) in [6, 6.07) is 5.79. The summed E-state index contributed by atoms with van der Waals surface area (Å²) in [5.74, 6) is 2.18. The van der Waals surface area contributed by atoms with Crippen LogP contribution in [0.15, 0.2) is 23.2 Å². The minimum atomic E-state index is 0.121. The summed E-state index contributed by atoms with van der Waals surface area (Å²) in [7, 11) is 1.63. The Morgan fingerprint density at radius 1 is 1.19 bits per heavy atom. The summed E-state index contributed by atoms with van der Waals surface area (Å²) in [5, 5.41) is 6.29. The standard InChI is InChI=1S/C19H30N4O3/c1-4-20-19(22-14-18(24)23-10-6-7-11-23)21-13-15-8-9-16(26-5-2)17(12-15)25-3/h8-9,12H,4-7,10-11,13-14H2,1-3H3,(H2,20,21,22). The Morgan fingerprint density at radius 3 is 2.62 bits per heavy atom. The lowest BCUT2D eigenvalue weighted by Gasteiger charge is -2.17. The fourth-order valence-corrected chi connectivity index (χ4v) is 2.83. The lowest BCUT2D eigenvalue weighted by atomic mass is 10.2. The van der Waals surface area contributed by atoms with Crippen LogP contribution in [-0.2, 0) is 11.3 Å². The monoisotopic (exact) mass is 362 g/mol. The summed E-state index contributed by atoms with van der Waals surface area (Å²) >= 11 is 0. The van der Waals surface area contributed by atoms with Crippen LogP contribution in [-0.4, -0.2) is 56.7 Å². The summed E-state index contributed by atoms with van der Waals surface area (Å²) < 4.78 is 10.9. The number of ether oxygens (including phenoxy) is 2. The van der Waals surface area contributed by atoms with Gasteiger partial charge in [-0.25, -0.2) is 4.99 Å². The molecule has 7 nitrogen and oxygen atoms in total. The molecule has 0 atom stereocenters. The second-order valence-electron chi connectivity index (χ2n) is 6.05. The zero-order valence-corrected chi connectivity index (χ0v) is 16.0. The van der Waals surface area contributed by atoms with Crippen LogP contribution in [0.2, 0.25) is 0 Å². The number of likely N-dealkylation sites (tertiary alicyclic amines) is 1. The molecule has 26 heavy (non-hydrogen) atoms. The molecule has 0 radical (unpaired) electrons. The molecule has 1 aliphatic rings. The number of methoxy groups -OCH3 is 1. The van der Waals surface area contributed by atoms with Gasteiger partial charge in [0.05, 0.1) is 26.8 Å². The molecule has 1 heterocycles. The first-order valence-electron chi connectivity index (χ1n) is 9.27. The Kier molecular flexibility index (Phi) is 8.05. The molecule has 1 aromatic carbocycles. The molecule has 1 aromatic rings. The van der Waals surface area contributed by atoms with E-state index in [1.165, 1.54) is 0 Å². The second-order valence-corrected chi connectivity index (χ2v) is 6.05. The first-order valence-corrected chi connectivity index (χ1v) is 9.27. The Labute approximate surface area is 155 Å². The molecule has 0 unspecified atom stereocenters. The molecule has 2 N–H and O–H groups in total. The van der Waals surface area contributed by atoms with Gasteiger partial charge in [-0.15, -0.1) is 0 Å². The van der Waals surface area contributed by atoms with Crippen LogP contribution in [0.4, 0.5) is 0 Å². The van der Waals surface area contributed by atoms with Crippen molar-refractivity contribution in [3.8, 4) is 11.5 Å². The van der Waals surface area contributed by atoms with Crippen molar-refractivity contribution < 1.29 is 14.3 Å². The van der Waals surface area contributed by atoms with Gasteiger partial charge in [0.15, 0.2) is 17.5 Å². The topological polar surface area (TPSA) is 75.2 Å². The first-order chi connectivity index (χ1) is 12.7. The lowest BCUT2D eigenvalue weighted by molar-refractivity contribution is -0.128. The van der Waals surface area contributed by atoms with Crippen LogP contribution < -0.4 is 20.1 Å². The third-order valence-electron chi connectivity index (χ3n) is 4.16. The maximum Gasteiger partial charge on any atom is 0.241 e. The van der Waals surface area contributed by atoms with Crippen molar-refractivity contribution in [2.75, 3.05) is 39.9 Å². The van der Waals surface area contributed by atoms with Gasteiger partial charge in [-0.2, -0.15) is 0 Å². The maximum absolute atomic E-state index is 12.2. The van der Waals surface area contributed by atoms with E-state index in [-0.39, 0.29) is 12.5 Å². The molecular weight excluding hydrogens is 332 g/mol. The molecule has 2 rings (SSSR count). The Balaban J connectivity index is 1.95. The molecule has 0 aliphatic carbocycles. The number of nitrogens with zero attached hydrogens (tertiary/aromatic N) is 2. The van der Waals surface area contributed by atoms with Gasteiger partial charge in [-0.1, -0.05) is 6.07 Å². The molecule has 0 saturated carbocycles. The van der Waals surface area contributed by atoms with E-state index in [2.05, 4.69) is 15.6 Å². The van der Waals surface area contributed by atoms with E-state index < -0.39 is 0 Å². The predicted octanol–water partition coefficient (Wildman–Crippen LogP) is 1.77. The fourth-order valence-electron chi connectivity index (χ4n) is 2.83. The number of guanidine groups is 1. The summed E-state index contributed by atoms with van der Waals surface area (Å²) in [6.07, 6.45) is 2.19. The van der Waals surface area contributed by atoms with Gasteiger partial charge >= 0.3 is 0 Å². The number of benzene rings is 1. The number of hydrogen-bond acceptors (Lipinski definition) is 4. The summed E-state index contributed by atoms with van der Waals surface area (Å²) in [6.45, 7) is 7.73. The smallest absolute Gasteiger partial charge is 0.241 e. The third kappa shape index (κ3) is 5.82. The molecule has 1 saturated heterocycles. The second kappa shape index (κ2) is 10.5. The average molecular weight is 362 g/mol. The Hall–Kier alpha value is -2.44. The highest BCUT2D eigenvalue weighted by atomic mass is 16.5. The van der Waals surface area contributed by atoms with E-state index in [1.54, 1.807) is 7.11 Å². The number of amides is 1. The maximum atomic E-state index is 12.2. The fraction of sp³-hybridized carbons (Fsp3) is 0.579. The zero-order valence-electron chi connectivity index (χ0n) is 16.0. The van der Waals surface area contributed by atoms with Crippen LogP contribution in [0.5, 0.6) is 11.5 Å². The predicted molar refractivity (Wildman–Crippen MR) is 103 cm³/mol. The molecule has 1 aliphatic heterocycles. The molecule has 0 spiro atoms. The Morgan fingerprint density at radius 2 is 1.96 bits per heavy atom. The van der Waals surface area contributed by atoms with Crippen LogP contribution in [0, 0.1) is 0 Å². The molecule has 0 aromatic heterocycles. The van der Waals surface area contributed by atoms with Crippen molar-refractivity contribution >= 4 is 11.9 Å². The van der Waals surface area contributed by atoms with E-state index >= 15 is 0 Å². The van der Waals surface area contributed by atoms with Crippen molar-refractivity contribution in [3.05, 3.63) is 23.8 Å². The van der Waals surface area contributed by atoms with Crippen molar-refractivity contribution in [2.24, 2.45) is 4.99 Å². The highest BCUT2D eigenvalue weighted by Crippen LogP contribution is 2.28. The van der Waals surface area contributed by atoms with Crippen LogP contribution >= 0.6 is 0 Å². The van der Waals surface area contributed by atoms with Gasteiger partial charge in [-0.05, 0) is 44.4 Å². The number of hydrogen-bond donors (Lipinski definition) is 2. The van der Waals surface area contributed by atoms with Crippen molar-refractivity contribution in [1.82, 2.24) is 15.5 Å². The highest BCUT2D eigenvalue weighted by Gasteiger charge is 2.17. The molecular formula is C19H30N4O3. The zero-order chi connectivity index (χ0) is 18.8. The minimum Gasteiger partial charge on any atom is -0.493 e. The number of carbonyl (C=O) groups is 1. The summed E-state index contributed by atoms with van der Waals surface area (Å²) in [5.41, 5.74) is 1.01. The van der Waals surface area contributed by atoms with E-state index in [0.717, 1.165) is 43.8 Å². The van der Waals surface area contributed by atoms with Crippen molar-refractivity contribution in [3.63, 3.8) is 0 Å². The summed E-state index contributed by atoms with van der Waals surface area (Å²) in [4.78, 5) is 18.6. The molecule has 1 fully saturated rings. The van der Waals surface area contributed by atoms with Crippen LogP contribution in [0.1, 0.15) is 32.3 Å². The third-order valence-corrected chi connectivity index (χ3v) is 4.16. The normalized spacial score (nSPS) is 14.3. The number of carbonyl (C=O) groups excluding carboxylic acids is 1. The van der Waals surface area contributed by atoms with E-state index in [9.17, 15) is 4.79 Å². The van der Waals surface area contributed by atoms with Gasteiger partial charge in [-0.3, -0.25) is 4.79 Å². The SMILES string of the molecule is CCNC(=NCc1ccc(OCC)c(OC)c1)NCC(=O)N1CCCC1. The van der Waals surface area contributed by atoms with Gasteiger partial charge in [0, 0.05) is 19.6 Å². The number of rotatable bonds is 8. The van der Waals surface area contributed by atoms with Crippen molar-refractivity contribution in [1.29, 1.82) is 0 Å². The molecule has 7 heteroatoms. The molecule has 1 amide bonds. The highest BCUT2D eigenvalue weighted by molar-refractivity contribution is 5.86. The minimum absolute atomic E-state index is 0.121. The van der Waals surface area contributed by atoms with Gasteiger partial charge in [0.1, 0.15) is 0 Å². The van der Waals surface area contributed by atoms with E-state index in [0.29, 0.717) is 24.9 Å². The number of nitrogens with one attached hydrogen (secondary N) is 2. The first kappa shape index (κ1) is 19.9. The van der Waals surface area contributed by atoms with E-state index in [1.807, 2.05) is 36.9 Å². The largest absolute Gasteiger partial charge is 0.493 e. The van der Waals surface area contributed by atoms with E-state index in [4.69, 9.17) is 9.47 Å². The average Bonchev–Trinajstić information content (AvgIpc) is 3.19. The Bertz CT molecular complexity index is 613. The van der Waals surface area contributed by atoms with Gasteiger partial charge in [0.25, 0.3) is 0 Å². The molecule has 144 valence electrons. The number of aliphatic imine (C=N–C) groups is 1. The van der Waals surface area contributed by atoms with Gasteiger partial charge in [0.2, 0.25) is 5.91 Å². The lowest BCUT2D eigenvalue weighted by Crippen LogP contribution is -2.44. The van der Waals surface area contributed by atoms with Crippen LogP contribution in [0.25, 0.3) is 0 Å². The van der Waals surface area contributed by atoms with Crippen molar-refractivity contribution in [2.45, 2.75) is 33.2 Å². The quantitative estimate of drug-likeness (QED) is 0.545.